The average molecular weight is 262 g/mol. The van der Waals surface area contributed by atoms with Crippen LogP contribution >= 0.6 is 0 Å². The van der Waals surface area contributed by atoms with Gasteiger partial charge in [-0.3, -0.25) is 0 Å². The number of aryl methyl sites for hydroxylation is 2. The first-order valence-electron chi connectivity index (χ1n) is 7.65. The van der Waals surface area contributed by atoms with E-state index in [2.05, 4.69) is 63.0 Å². The number of nitrogens with zero attached hydrogens (tertiary/aromatic N) is 1. The lowest BCUT2D eigenvalue weighted by atomic mass is 9.96. The van der Waals surface area contributed by atoms with Crippen molar-refractivity contribution in [3.05, 3.63) is 34.9 Å². The fourth-order valence-electron chi connectivity index (χ4n) is 2.60. The number of hydrogen-bond donors (Lipinski definition) is 1. The summed E-state index contributed by atoms with van der Waals surface area (Å²) in [6.07, 6.45) is 1.18. The molecule has 0 fully saturated rings. The van der Waals surface area contributed by atoms with Crippen molar-refractivity contribution in [3.63, 3.8) is 0 Å². The zero-order valence-electron chi connectivity index (χ0n) is 13.3. The van der Waals surface area contributed by atoms with Crippen LogP contribution in [0.5, 0.6) is 0 Å². The Morgan fingerprint density at radius 3 is 2.37 bits per heavy atom. The zero-order chi connectivity index (χ0) is 14.3. The highest BCUT2D eigenvalue weighted by Gasteiger charge is 2.14. The Hall–Kier alpha value is -0.860. The van der Waals surface area contributed by atoms with Crippen LogP contribution in [0.25, 0.3) is 0 Å². The molecule has 0 aliphatic rings. The molecule has 0 radical (unpaired) electrons. The van der Waals surface area contributed by atoms with Gasteiger partial charge in [0, 0.05) is 6.04 Å². The van der Waals surface area contributed by atoms with Crippen LogP contribution in [0.1, 0.15) is 49.9 Å². The minimum atomic E-state index is 0.477. The minimum Gasteiger partial charge on any atom is -0.310 e. The van der Waals surface area contributed by atoms with E-state index >= 15 is 0 Å². The molecule has 1 rings (SSSR count). The molecule has 2 nitrogen and oxygen atoms in total. The third kappa shape index (κ3) is 4.96. The molecule has 0 aliphatic heterocycles. The highest BCUT2D eigenvalue weighted by atomic mass is 15.1. The first-order valence-corrected chi connectivity index (χ1v) is 7.65. The monoisotopic (exact) mass is 262 g/mol. The maximum Gasteiger partial charge on any atom is 0.0335 e. The lowest BCUT2D eigenvalue weighted by Crippen LogP contribution is -2.29. The predicted octanol–water partition coefficient (Wildman–Crippen LogP) is 3.69. The van der Waals surface area contributed by atoms with E-state index in [4.69, 9.17) is 0 Å². The summed E-state index contributed by atoms with van der Waals surface area (Å²) in [5.74, 6) is 0. The van der Waals surface area contributed by atoms with E-state index in [9.17, 15) is 0 Å². The highest BCUT2D eigenvalue weighted by molar-refractivity contribution is 5.33. The van der Waals surface area contributed by atoms with Gasteiger partial charge in [0.25, 0.3) is 0 Å². The van der Waals surface area contributed by atoms with Crippen LogP contribution in [0.4, 0.5) is 0 Å². The van der Waals surface area contributed by atoms with Crippen molar-refractivity contribution in [2.45, 2.75) is 47.1 Å². The largest absolute Gasteiger partial charge is 0.310 e. The maximum atomic E-state index is 3.64. The van der Waals surface area contributed by atoms with Gasteiger partial charge in [0.2, 0.25) is 0 Å². The minimum absolute atomic E-state index is 0.477. The Morgan fingerprint density at radius 2 is 1.79 bits per heavy atom. The quantitative estimate of drug-likeness (QED) is 0.768. The number of rotatable bonds is 8. The Bertz CT molecular complexity index is 370. The molecule has 0 heterocycles. The second-order valence-corrected chi connectivity index (χ2v) is 5.29. The number of hydrogen-bond acceptors (Lipinski definition) is 2. The van der Waals surface area contributed by atoms with Crippen molar-refractivity contribution in [2.24, 2.45) is 0 Å². The van der Waals surface area contributed by atoms with E-state index in [-0.39, 0.29) is 0 Å². The summed E-state index contributed by atoms with van der Waals surface area (Å²) in [6, 6.07) is 7.26. The summed E-state index contributed by atoms with van der Waals surface area (Å²) in [7, 11) is 0. The predicted molar refractivity (Wildman–Crippen MR) is 84.7 cm³/mol. The molecule has 1 atom stereocenters. The zero-order valence-corrected chi connectivity index (χ0v) is 13.3. The van der Waals surface area contributed by atoms with E-state index in [0.717, 1.165) is 26.2 Å². The maximum absolute atomic E-state index is 3.64. The SMILES string of the molecule is CCNC(CCN(CC)CC)c1cc(C)ccc1C. The van der Waals surface area contributed by atoms with Crippen molar-refractivity contribution < 1.29 is 0 Å². The van der Waals surface area contributed by atoms with Gasteiger partial charge in [-0.1, -0.05) is 44.5 Å². The normalized spacial score (nSPS) is 12.9. The molecule has 108 valence electrons. The van der Waals surface area contributed by atoms with Crippen LogP contribution in [0.3, 0.4) is 0 Å². The van der Waals surface area contributed by atoms with Crippen molar-refractivity contribution in [1.29, 1.82) is 0 Å². The van der Waals surface area contributed by atoms with Crippen molar-refractivity contribution in [2.75, 3.05) is 26.2 Å². The fraction of sp³-hybridized carbons (Fsp3) is 0.647. The van der Waals surface area contributed by atoms with Gasteiger partial charge in [-0.2, -0.15) is 0 Å². The average Bonchev–Trinajstić information content (AvgIpc) is 2.41. The number of benzene rings is 1. The van der Waals surface area contributed by atoms with E-state index in [1.165, 1.54) is 23.1 Å². The second kappa shape index (κ2) is 8.34. The van der Waals surface area contributed by atoms with Crippen LogP contribution < -0.4 is 5.32 Å². The lowest BCUT2D eigenvalue weighted by Gasteiger charge is -2.25. The van der Waals surface area contributed by atoms with Gasteiger partial charge >= 0.3 is 0 Å². The smallest absolute Gasteiger partial charge is 0.0335 e. The summed E-state index contributed by atoms with van der Waals surface area (Å²) in [5.41, 5.74) is 4.22. The van der Waals surface area contributed by atoms with Crippen LogP contribution in [0.15, 0.2) is 18.2 Å². The molecule has 2 heteroatoms. The molecular weight excluding hydrogens is 232 g/mol. The molecular formula is C17H30N2. The molecule has 1 unspecified atom stereocenters. The molecule has 0 saturated carbocycles. The van der Waals surface area contributed by atoms with Crippen LogP contribution in [0, 0.1) is 13.8 Å². The highest BCUT2D eigenvalue weighted by Crippen LogP contribution is 2.22. The van der Waals surface area contributed by atoms with Crippen LogP contribution in [0.2, 0.25) is 0 Å². The summed E-state index contributed by atoms with van der Waals surface area (Å²) in [4.78, 5) is 2.50. The molecule has 1 aromatic carbocycles. The Kier molecular flexibility index (Phi) is 7.11. The third-order valence-corrected chi connectivity index (χ3v) is 3.89. The van der Waals surface area contributed by atoms with Gasteiger partial charge in [-0.05, 0) is 57.6 Å². The molecule has 0 spiro atoms. The van der Waals surface area contributed by atoms with Gasteiger partial charge in [-0.25, -0.2) is 0 Å². The van der Waals surface area contributed by atoms with E-state index < -0.39 is 0 Å². The van der Waals surface area contributed by atoms with Gasteiger partial charge in [0.15, 0.2) is 0 Å². The molecule has 0 amide bonds. The van der Waals surface area contributed by atoms with Crippen LogP contribution in [-0.2, 0) is 0 Å². The Morgan fingerprint density at radius 1 is 1.11 bits per heavy atom. The van der Waals surface area contributed by atoms with Crippen molar-refractivity contribution >= 4 is 0 Å². The fourth-order valence-corrected chi connectivity index (χ4v) is 2.60. The molecule has 0 bridgehead atoms. The molecule has 1 aromatic rings. The topological polar surface area (TPSA) is 15.3 Å². The van der Waals surface area contributed by atoms with Gasteiger partial charge < -0.3 is 10.2 Å². The van der Waals surface area contributed by atoms with E-state index in [1.807, 2.05) is 0 Å². The Labute approximate surface area is 119 Å². The molecule has 0 aromatic heterocycles. The van der Waals surface area contributed by atoms with Gasteiger partial charge in [0.1, 0.15) is 0 Å². The molecule has 0 saturated heterocycles. The summed E-state index contributed by atoms with van der Waals surface area (Å²) < 4.78 is 0. The molecule has 1 N–H and O–H groups in total. The first kappa shape index (κ1) is 16.2. The molecule has 0 aliphatic carbocycles. The van der Waals surface area contributed by atoms with Crippen molar-refractivity contribution in [3.8, 4) is 0 Å². The van der Waals surface area contributed by atoms with E-state index in [0.29, 0.717) is 6.04 Å². The number of nitrogens with one attached hydrogen (secondary N) is 1. The van der Waals surface area contributed by atoms with Gasteiger partial charge in [-0.15, -0.1) is 0 Å². The third-order valence-electron chi connectivity index (χ3n) is 3.89. The first-order chi connectivity index (χ1) is 9.12. The lowest BCUT2D eigenvalue weighted by molar-refractivity contribution is 0.282. The Balaban J connectivity index is 2.78. The standard InChI is InChI=1S/C17H30N2/c1-6-18-17(11-12-19(7-2)8-3)16-13-14(4)9-10-15(16)5/h9-10,13,17-18H,6-8,11-12H2,1-5H3. The molecule has 19 heavy (non-hydrogen) atoms. The summed E-state index contributed by atoms with van der Waals surface area (Å²) in [6.45, 7) is 15.5. The summed E-state index contributed by atoms with van der Waals surface area (Å²) >= 11 is 0. The van der Waals surface area contributed by atoms with E-state index in [1.54, 1.807) is 0 Å². The van der Waals surface area contributed by atoms with Gasteiger partial charge in [0.05, 0.1) is 0 Å². The second-order valence-electron chi connectivity index (χ2n) is 5.29. The van der Waals surface area contributed by atoms with Crippen molar-refractivity contribution in [1.82, 2.24) is 10.2 Å². The van der Waals surface area contributed by atoms with Crippen LogP contribution in [-0.4, -0.2) is 31.1 Å². The summed E-state index contributed by atoms with van der Waals surface area (Å²) in [5, 5.41) is 3.64.